The summed E-state index contributed by atoms with van der Waals surface area (Å²) in [5.41, 5.74) is 1.86. The van der Waals surface area contributed by atoms with Crippen molar-refractivity contribution < 1.29 is 14.3 Å². The number of nitrogens with zero attached hydrogens (tertiary/aromatic N) is 2. The van der Waals surface area contributed by atoms with Crippen LogP contribution in [0, 0.1) is 5.92 Å². The zero-order chi connectivity index (χ0) is 19.7. The van der Waals surface area contributed by atoms with E-state index in [1.807, 2.05) is 53.4 Å². The molecule has 0 aliphatic carbocycles. The van der Waals surface area contributed by atoms with Crippen molar-refractivity contribution in [3.63, 3.8) is 0 Å². The first-order valence-electron chi connectivity index (χ1n) is 9.19. The molecule has 7 heteroatoms. The van der Waals surface area contributed by atoms with E-state index in [4.69, 9.17) is 16.3 Å². The lowest BCUT2D eigenvalue weighted by atomic mass is 10.1. The highest BCUT2D eigenvalue weighted by Crippen LogP contribution is 2.40. The van der Waals surface area contributed by atoms with Gasteiger partial charge < -0.3 is 14.5 Å². The quantitative estimate of drug-likeness (QED) is 0.756. The van der Waals surface area contributed by atoms with Crippen LogP contribution in [-0.4, -0.2) is 42.7 Å². The summed E-state index contributed by atoms with van der Waals surface area (Å²) in [6, 6.07) is 15.0. The van der Waals surface area contributed by atoms with E-state index < -0.39 is 0 Å². The molecule has 2 aromatic carbocycles. The number of methoxy groups -OCH3 is 1. The molecule has 2 saturated heterocycles. The lowest BCUT2D eigenvalue weighted by Gasteiger charge is -2.27. The van der Waals surface area contributed by atoms with Gasteiger partial charge >= 0.3 is 0 Å². The van der Waals surface area contributed by atoms with Crippen LogP contribution in [0.1, 0.15) is 17.4 Å². The molecule has 2 unspecified atom stereocenters. The first-order valence-corrected chi connectivity index (χ1v) is 10.6. The van der Waals surface area contributed by atoms with Gasteiger partial charge in [0.05, 0.1) is 13.0 Å². The van der Waals surface area contributed by atoms with Crippen LogP contribution in [0.25, 0.3) is 0 Å². The average molecular weight is 417 g/mol. The van der Waals surface area contributed by atoms with Gasteiger partial charge in [-0.25, -0.2) is 0 Å². The van der Waals surface area contributed by atoms with Gasteiger partial charge in [0.15, 0.2) is 0 Å². The monoisotopic (exact) mass is 416 g/mol. The van der Waals surface area contributed by atoms with E-state index in [0.29, 0.717) is 18.1 Å². The summed E-state index contributed by atoms with van der Waals surface area (Å²) in [5.74, 6) is 1.35. The van der Waals surface area contributed by atoms with Crippen molar-refractivity contribution >= 4 is 40.9 Å². The zero-order valence-corrected chi connectivity index (χ0v) is 17.1. The molecule has 2 atom stereocenters. The Hall–Kier alpha value is -2.18. The zero-order valence-electron chi connectivity index (χ0n) is 15.5. The summed E-state index contributed by atoms with van der Waals surface area (Å²) < 4.78 is 5.17. The molecular formula is C21H21ClN2O3S. The maximum absolute atomic E-state index is 13.2. The molecular weight excluding hydrogens is 396 g/mol. The van der Waals surface area contributed by atoms with Crippen LogP contribution >= 0.6 is 23.4 Å². The van der Waals surface area contributed by atoms with Gasteiger partial charge in [0, 0.05) is 36.0 Å². The van der Waals surface area contributed by atoms with Crippen LogP contribution in [0.4, 0.5) is 5.69 Å². The molecule has 2 heterocycles. The van der Waals surface area contributed by atoms with Crippen LogP contribution in [0.3, 0.4) is 0 Å². The summed E-state index contributed by atoms with van der Waals surface area (Å²) in [6.45, 7) is 1.11. The molecule has 0 aromatic heterocycles. The molecule has 0 N–H and O–H groups in total. The summed E-state index contributed by atoms with van der Waals surface area (Å²) in [7, 11) is 1.61. The predicted octanol–water partition coefficient (Wildman–Crippen LogP) is 3.98. The standard InChI is InChI=1S/C21H21ClN2O3S/c1-27-18-8-6-17(7-9-18)24-13-15(12-19(24)25)20(26)23-10-11-28-21(23)14-2-4-16(22)5-3-14/h2-9,15,21H,10-13H2,1H3. The first-order chi connectivity index (χ1) is 13.6. The predicted molar refractivity (Wildman–Crippen MR) is 112 cm³/mol. The number of halogens is 1. The molecule has 0 radical (unpaired) electrons. The van der Waals surface area contributed by atoms with E-state index in [-0.39, 0.29) is 29.5 Å². The second-order valence-corrected chi connectivity index (χ2v) is 8.53. The topological polar surface area (TPSA) is 49.9 Å². The van der Waals surface area contributed by atoms with E-state index in [1.54, 1.807) is 23.8 Å². The minimum atomic E-state index is -0.317. The Morgan fingerprint density at radius 3 is 2.54 bits per heavy atom. The number of anilines is 1. The van der Waals surface area contributed by atoms with Crippen molar-refractivity contribution in [3.8, 4) is 5.75 Å². The molecule has 2 fully saturated rings. The second kappa shape index (κ2) is 8.05. The maximum atomic E-state index is 13.2. The van der Waals surface area contributed by atoms with Crippen LogP contribution < -0.4 is 9.64 Å². The Balaban J connectivity index is 1.48. The van der Waals surface area contributed by atoms with Crippen molar-refractivity contribution in [2.24, 2.45) is 5.92 Å². The number of hydrogen-bond acceptors (Lipinski definition) is 4. The van der Waals surface area contributed by atoms with Crippen molar-refractivity contribution in [2.45, 2.75) is 11.8 Å². The van der Waals surface area contributed by atoms with Crippen LogP contribution in [0.15, 0.2) is 48.5 Å². The Morgan fingerprint density at radius 1 is 1.14 bits per heavy atom. The fraction of sp³-hybridized carbons (Fsp3) is 0.333. The largest absolute Gasteiger partial charge is 0.497 e. The van der Waals surface area contributed by atoms with Gasteiger partial charge in [-0.05, 0) is 42.0 Å². The first kappa shape index (κ1) is 19.2. The highest BCUT2D eigenvalue weighted by Gasteiger charge is 2.40. The van der Waals surface area contributed by atoms with Crippen molar-refractivity contribution in [1.29, 1.82) is 0 Å². The van der Waals surface area contributed by atoms with E-state index in [0.717, 1.165) is 22.8 Å². The molecule has 2 aliphatic heterocycles. The average Bonchev–Trinajstić information content (AvgIpc) is 3.35. The Kier molecular flexibility index (Phi) is 5.51. The second-order valence-electron chi connectivity index (χ2n) is 6.91. The number of carbonyl (C=O) groups is 2. The number of hydrogen-bond donors (Lipinski definition) is 0. The number of amides is 2. The number of rotatable bonds is 4. The Labute approximate surface area is 173 Å². The summed E-state index contributed by atoms with van der Waals surface area (Å²) in [4.78, 5) is 29.4. The van der Waals surface area contributed by atoms with Crippen LogP contribution in [-0.2, 0) is 9.59 Å². The Bertz CT molecular complexity index is 872. The van der Waals surface area contributed by atoms with E-state index in [1.165, 1.54) is 0 Å². The third-order valence-electron chi connectivity index (χ3n) is 5.19. The Morgan fingerprint density at radius 2 is 1.86 bits per heavy atom. The fourth-order valence-corrected chi connectivity index (χ4v) is 5.11. The SMILES string of the molecule is COc1ccc(N2CC(C(=O)N3CCSC3c3ccc(Cl)cc3)CC2=O)cc1. The molecule has 2 aliphatic rings. The third kappa shape index (κ3) is 3.71. The van der Waals surface area contributed by atoms with E-state index >= 15 is 0 Å². The van der Waals surface area contributed by atoms with Crippen molar-refractivity contribution in [3.05, 3.63) is 59.1 Å². The van der Waals surface area contributed by atoms with Gasteiger partial charge in [-0.3, -0.25) is 9.59 Å². The number of carbonyl (C=O) groups excluding carboxylic acids is 2. The third-order valence-corrected chi connectivity index (χ3v) is 6.70. The smallest absolute Gasteiger partial charge is 0.229 e. The van der Waals surface area contributed by atoms with Gasteiger partial charge in [0.25, 0.3) is 0 Å². The minimum absolute atomic E-state index is 0.0154. The summed E-state index contributed by atoms with van der Waals surface area (Å²) in [5, 5.41) is 0.663. The highest BCUT2D eigenvalue weighted by molar-refractivity contribution is 7.99. The number of thioether (sulfide) groups is 1. The van der Waals surface area contributed by atoms with E-state index in [9.17, 15) is 9.59 Å². The lowest BCUT2D eigenvalue weighted by Crippen LogP contribution is -2.37. The normalized spacial score (nSPS) is 22.0. The maximum Gasteiger partial charge on any atom is 0.229 e. The highest BCUT2D eigenvalue weighted by atomic mass is 35.5. The molecule has 146 valence electrons. The van der Waals surface area contributed by atoms with Gasteiger partial charge in [-0.1, -0.05) is 23.7 Å². The summed E-state index contributed by atoms with van der Waals surface area (Å²) >= 11 is 7.74. The van der Waals surface area contributed by atoms with Crippen LogP contribution in [0.5, 0.6) is 5.75 Å². The molecule has 0 bridgehead atoms. The van der Waals surface area contributed by atoms with Gasteiger partial charge in [0.2, 0.25) is 11.8 Å². The van der Waals surface area contributed by atoms with Crippen molar-refractivity contribution in [2.75, 3.05) is 30.9 Å². The number of benzene rings is 2. The summed E-state index contributed by atoms with van der Waals surface area (Å²) in [6.07, 6.45) is 0.249. The minimum Gasteiger partial charge on any atom is -0.497 e. The van der Waals surface area contributed by atoms with E-state index in [2.05, 4.69) is 0 Å². The fourth-order valence-electron chi connectivity index (χ4n) is 3.72. The van der Waals surface area contributed by atoms with Gasteiger partial charge in [-0.15, -0.1) is 11.8 Å². The van der Waals surface area contributed by atoms with Gasteiger partial charge in [-0.2, -0.15) is 0 Å². The molecule has 4 rings (SSSR count). The molecule has 28 heavy (non-hydrogen) atoms. The molecule has 5 nitrogen and oxygen atoms in total. The molecule has 2 aromatic rings. The van der Waals surface area contributed by atoms with Crippen LogP contribution in [0.2, 0.25) is 5.02 Å². The van der Waals surface area contributed by atoms with Gasteiger partial charge in [0.1, 0.15) is 11.1 Å². The molecule has 2 amide bonds. The van der Waals surface area contributed by atoms with Crippen molar-refractivity contribution in [1.82, 2.24) is 4.90 Å². The number of ether oxygens (including phenoxy) is 1. The molecule has 0 saturated carbocycles. The lowest BCUT2D eigenvalue weighted by molar-refractivity contribution is -0.136. The molecule has 0 spiro atoms.